The first-order valence-electron chi connectivity index (χ1n) is 6.55. The normalized spacial score (nSPS) is 10.5. The topological polar surface area (TPSA) is 63.5 Å². The molecule has 0 aliphatic carbocycles. The summed E-state index contributed by atoms with van der Waals surface area (Å²) in [5, 5.41) is 13.1. The number of nitro groups is 1. The quantitative estimate of drug-likeness (QED) is 0.471. The molecular formula is C15H16N2O3S2. The maximum absolute atomic E-state index is 12.5. The summed E-state index contributed by atoms with van der Waals surface area (Å²) >= 11 is 2.89. The van der Waals surface area contributed by atoms with Crippen molar-refractivity contribution in [3.63, 3.8) is 0 Å². The second kappa shape index (κ2) is 6.93. The molecule has 1 aromatic heterocycles. The van der Waals surface area contributed by atoms with E-state index in [0.717, 1.165) is 10.4 Å². The average Bonchev–Trinajstić information content (AvgIpc) is 2.90. The van der Waals surface area contributed by atoms with Crippen molar-refractivity contribution >= 4 is 34.7 Å². The molecule has 7 heteroatoms. The molecule has 0 N–H and O–H groups in total. The molecule has 5 nitrogen and oxygen atoms in total. The van der Waals surface area contributed by atoms with E-state index in [1.165, 1.54) is 17.8 Å². The van der Waals surface area contributed by atoms with Gasteiger partial charge in [-0.1, -0.05) is 0 Å². The molecule has 1 heterocycles. The Morgan fingerprint density at radius 3 is 2.68 bits per heavy atom. The van der Waals surface area contributed by atoms with Crippen LogP contribution in [0, 0.1) is 17.0 Å². The van der Waals surface area contributed by atoms with Gasteiger partial charge in [0.25, 0.3) is 11.6 Å². The van der Waals surface area contributed by atoms with Crippen LogP contribution >= 0.6 is 23.1 Å². The van der Waals surface area contributed by atoms with Crippen LogP contribution < -0.4 is 0 Å². The maximum atomic E-state index is 12.5. The first-order chi connectivity index (χ1) is 10.4. The number of carbonyl (C=O) groups excluding carboxylic acids is 1. The van der Waals surface area contributed by atoms with E-state index in [-0.39, 0.29) is 11.6 Å². The van der Waals surface area contributed by atoms with E-state index in [1.54, 1.807) is 41.7 Å². The predicted octanol–water partition coefficient (Wildman–Crippen LogP) is 3.96. The Morgan fingerprint density at radius 2 is 2.14 bits per heavy atom. The van der Waals surface area contributed by atoms with Gasteiger partial charge >= 0.3 is 0 Å². The summed E-state index contributed by atoms with van der Waals surface area (Å²) in [4.78, 5) is 26.4. The van der Waals surface area contributed by atoms with Crippen molar-refractivity contribution in [2.24, 2.45) is 0 Å². The molecule has 116 valence electrons. The van der Waals surface area contributed by atoms with Gasteiger partial charge in [0, 0.05) is 23.6 Å². The molecule has 2 rings (SSSR count). The predicted molar refractivity (Wildman–Crippen MR) is 89.7 cm³/mol. The van der Waals surface area contributed by atoms with Crippen molar-refractivity contribution in [1.29, 1.82) is 0 Å². The Bertz CT molecular complexity index is 713. The largest absolute Gasteiger partial charge is 0.337 e. The lowest BCUT2D eigenvalue weighted by Gasteiger charge is -2.17. The molecule has 0 saturated heterocycles. The Hall–Kier alpha value is -1.86. The zero-order valence-corrected chi connectivity index (χ0v) is 14.2. The van der Waals surface area contributed by atoms with Gasteiger partial charge < -0.3 is 4.90 Å². The fourth-order valence-electron chi connectivity index (χ4n) is 2.04. The minimum Gasteiger partial charge on any atom is -0.337 e. The Morgan fingerprint density at radius 1 is 1.41 bits per heavy atom. The summed E-state index contributed by atoms with van der Waals surface area (Å²) in [6.07, 6.45) is 1.77. The minimum atomic E-state index is -0.452. The number of benzene rings is 1. The molecular weight excluding hydrogens is 320 g/mol. The first kappa shape index (κ1) is 16.5. The van der Waals surface area contributed by atoms with Crippen LogP contribution in [0.3, 0.4) is 0 Å². The smallest absolute Gasteiger partial charge is 0.283 e. The molecule has 0 saturated carbocycles. The molecule has 0 spiro atoms. The van der Waals surface area contributed by atoms with Crippen molar-refractivity contribution in [1.82, 2.24) is 4.90 Å². The number of carbonyl (C=O) groups is 1. The number of nitro benzene ring substituents is 1. The van der Waals surface area contributed by atoms with Crippen LogP contribution in [0.2, 0.25) is 0 Å². The van der Waals surface area contributed by atoms with Crippen LogP contribution in [0.1, 0.15) is 20.8 Å². The lowest BCUT2D eigenvalue weighted by atomic mass is 10.1. The minimum absolute atomic E-state index is 0.0287. The molecule has 1 amide bonds. The van der Waals surface area contributed by atoms with Crippen molar-refractivity contribution in [2.75, 3.05) is 13.3 Å². The fraction of sp³-hybridized carbons (Fsp3) is 0.267. The molecule has 2 aromatic rings. The Kier molecular flexibility index (Phi) is 5.20. The monoisotopic (exact) mass is 336 g/mol. The SMILES string of the molecule is CSc1ccc(C(=O)N(C)Cc2sccc2C)cc1[N+](=O)[O-]. The molecule has 22 heavy (non-hydrogen) atoms. The van der Waals surface area contributed by atoms with Gasteiger partial charge in [0.1, 0.15) is 0 Å². The second-order valence-corrected chi connectivity index (χ2v) is 6.68. The van der Waals surface area contributed by atoms with Crippen LogP contribution in [0.15, 0.2) is 34.5 Å². The van der Waals surface area contributed by atoms with Crippen LogP contribution in [0.4, 0.5) is 5.69 Å². The number of hydrogen-bond acceptors (Lipinski definition) is 5. The van der Waals surface area contributed by atoms with Gasteiger partial charge in [-0.15, -0.1) is 23.1 Å². The van der Waals surface area contributed by atoms with Crippen molar-refractivity contribution < 1.29 is 9.72 Å². The van der Waals surface area contributed by atoms with E-state index >= 15 is 0 Å². The van der Waals surface area contributed by atoms with E-state index in [1.807, 2.05) is 18.4 Å². The maximum Gasteiger partial charge on any atom is 0.283 e. The Balaban J connectivity index is 2.23. The second-order valence-electron chi connectivity index (χ2n) is 4.83. The highest BCUT2D eigenvalue weighted by Crippen LogP contribution is 2.29. The van der Waals surface area contributed by atoms with Crippen LogP contribution in [0.25, 0.3) is 0 Å². The zero-order valence-electron chi connectivity index (χ0n) is 12.5. The summed E-state index contributed by atoms with van der Waals surface area (Å²) in [5.41, 5.74) is 1.45. The third kappa shape index (κ3) is 3.48. The molecule has 0 aliphatic heterocycles. The van der Waals surface area contributed by atoms with E-state index in [9.17, 15) is 14.9 Å². The van der Waals surface area contributed by atoms with Gasteiger partial charge in [0.2, 0.25) is 0 Å². The summed E-state index contributed by atoms with van der Waals surface area (Å²) in [6.45, 7) is 2.50. The zero-order chi connectivity index (χ0) is 16.3. The molecule has 0 atom stereocenters. The Labute approximate surface area is 137 Å². The van der Waals surface area contributed by atoms with E-state index in [2.05, 4.69) is 0 Å². The molecule has 0 radical (unpaired) electrons. The van der Waals surface area contributed by atoms with E-state index in [4.69, 9.17) is 0 Å². The number of thioether (sulfide) groups is 1. The van der Waals surface area contributed by atoms with Gasteiger partial charge in [-0.2, -0.15) is 0 Å². The number of thiophene rings is 1. The van der Waals surface area contributed by atoms with Crippen molar-refractivity contribution in [3.05, 3.63) is 55.8 Å². The molecule has 0 bridgehead atoms. The van der Waals surface area contributed by atoms with Gasteiger partial charge in [-0.25, -0.2) is 0 Å². The number of hydrogen-bond donors (Lipinski definition) is 0. The van der Waals surface area contributed by atoms with Crippen LogP contribution in [0.5, 0.6) is 0 Å². The molecule has 0 unspecified atom stereocenters. The summed E-state index contributed by atoms with van der Waals surface area (Å²) in [7, 11) is 1.70. The highest BCUT2D eigenvalue weighted by molar-refractivity contribution is 7.98. The standard InChI is InChI=1S/C15H16N2O3S2/c1-10-6-7-22-14(10)9-16(2)15(18)11-4-5-13(21-3)12(8-11)17(19)20/h4-8H,9H2,1-3H3. The molecule has 0 aliphatic rings. The average molecular weight is 336 g/mol. The van der Waals surface area contributed by atoms with E-state index < -0.39 is 4.92 Å². The lowest BCUT2D eigenvalue weighted by Crippen LogP contribution is -2.26. The number of nitrogens with zero attached hydrogens (tertiary/aromatic N) is 2. The van der Waals surface area contributed by atoms with Crippen molar-refractivity contribution in [2.45, 2.75) is 18.4 Å². The third-order valence-electron chi connectivity index (χ3n) is 3.32. The van der Waals surface area contributed by atoms with Gasteiger partial charge in [-0.3, -0.25) is 14.9 Å². The fourth-order valence-corrected chi connectivity index (χ4v) is 3.54. The third-order valence-corrected chi connectivity index (χ3v) is 5.11. The highest BCUT2D eigenvalue weighted by Gasteiger charge is 2.19. The summed E-state index contributed by atoms with van der Waals surface area (Å²) in [5.74, 6) is -0.219. The molecule has 1 aromatic carbocycles. The van der Waals surface area contributed by atoms with Gasteiger partial charge in [0.05, 0.1) is 16.4 Å². The van der Waals surface area contributed by atoms with Crippen molar-refractivity contribution in [3.8, 4) is 0 Å². The number of rotatable bonds is 5. The summed E-state index contributed by atoms with van der Waals surface area (Å²) < 4.78 is 0. The highest BCUT2D eigenvalue weighted by atomic mass is 32.2. The summed E-state index contributed by atoms with van der Waals surface area (Å²) in [6, 6.07) is 6.63. The lowest BCUT2D eigenvalue weighted by molar-refractivity contribution is -0.387. The van der Waals surface area contributed by atoms with Gasteiger partial charge in [-0.05, 0) is 42.3 Å². The van der Waals surface area contributed by atoms with Crippen LogP contribution in [-0.2, 0) is 6.54 Å². The van der Waals surface area contributed by atoms with Crippen LogP contribution in [-0.4, -0.2) is 29.0 Å². The van der Waals surface area contributed by atoms with E-state index in [0.29, 0.717) is 17.0 Å². The first-order valence-corrected chi connectivity index (χ1v) is 8.65. The number of aryl methyl sites for hydroxylation is 1. The number of amides is 1. The molecule has 0 fully saturated rings. The van der Waals surface area contributed by atoms with Gasteiger partial charge in [0.15, 0.2) is 0 Å².